The first-order valence-corrected chi connectivity index (χ1v) is 8.07. The molecule has 1 rings (SSSR count). The number of aromatic nitrogens is 2. The Kier molecular flexibility index (Phi) is 9.03. The van der Waals surface area contributed by atoms with Gasteiger partial charge in [-0.1, -0.05) is 70.1 Å². The van der Waals surface area contributed by atoms with Crippen LogP contribution in [0.3, 0.4) is 0 Å². The molecule has 0 fully saturated rings. The van der Waals surface area contributed by atoms with Gasteiger partial charge < -0.3 is 5.73 Å². The number of rotatable bonds is 9. The second kappa shape index (κ2) is 11.0. The fourth-order valence-corrected chi connectivity index (χ4v) is 2.19. The summed E-state index contributed by atoms with van der Waals surface area (Å²) in [5.74, 6) is 6.35. The highest BCUT2D eigenvalue weighted by Crippen LogP contribution is 2.10. The van der Waals surface area contributed by atoms with Crippen molar-refractivity contribution in [3.8, 4) is 11.8 Å². The maximum absolute atomic E-state index is 10.9. The molecule has 21 heavy (non-hydrogen) atoms. The van der Waals surface area contributed by atoms with Crippen LogP contribution in [-0.2, 0) is 0 Å². The van der Waals surface area contributed by atoms with Crippen molar-refractivity contribution in [3.63, 3.8) is 0 Å². The van der Waals surface area contributed by atoms with Crippen LogP contribution in [0, 0.1) is 11.8 Å². The molecule has 4 nitrogen and oxygen atoms in total. The maximum Gasteiger partial charge on any atom is 0.346 e. The fraction of sp³-hybridized carbons (Fsp3) is 0.647. The topological polar surface area (TPSA) is 71.8 Å². The molecule has 0 atom stereocenters. The number of hydrogen-bond acceptors (Lipinski definition) is 3. The number of nitrogens with two attached hydrogens (primary N) is 1. The monoisotopic (exact) mass is 289 g/mol. The van der Waals surface area contributed by atoms with Gasteiger partial charge in [-0.3, -0.25) is 4.98 Å². The molecule has 1 aromatic rings. The lowest BCUT2D eigenvalue weighted by Crippen LogP contribution is -2.12. The molecule has 1 aromatic heterocycles. The predicted octanol–water partition coefficient (Wildman–Crippen LogP) is 3.62. The second-order valence-electron chi connectivity index (χ2n) is 5.40. The van der Waals surface area contributed by atoms with Gasteiger partial charge in [-0.05, 0) is 6.42 Å². The van der Waals surface area contributed by atoms with Gasteiger partial charge >= 0.3 is 5.69 Å². The van der Waals surface area contributed by atoms with Crippen LogP contribution in [0.4, 0.5) is 5.82 Å². The molecule has 116 valence electrons. The number of unbranched alkanes of at least 4 members (excludes halogenated alkanes) is 9. The molecule has 3 N–H and O–H groups in total. The smallest absolute Gasteiger partial charge is 0.346 e. The third kappa shape index (κ3) is 8.19. The standard InChI is InChI=1S/C17H27N3O/c1-2-3-4-5-6-7-8-9-10-11-12-13-15-14-19-17(21)20-16(15)18/h14H,2-11H2,1H3,(H3,18,19,20,21). The van der Waals surface area contributed by atoms with E-state index in [1.165, 1.54) is 57.6 Å². The van der Waals surface area contributed by atoms with Crippen molar-refractivity contribution in [1.82, 2.24) is 9.97 Å². The summed E-state index contributed by atoms with van der Waals surface area (Å²) in [7, 11) is 0. The molecule has 0 unspecified atom stereocenters. The quantitative estimate of drug-likeness (QED) is 0.538. The molecule has 0 aliphatic heterocycles. The van der Waals surface area contributed by atoms with E-state index in [0.29, 0.717) is 11.4 Å². The van der Waals surface area contributed by atoms with Crippen LogP contribution in [0.1, 0.15) is 76.7 Å². The fourth-order valence-electron chi connectivity index (χ4n) is 2.19. The summed E-state index contributed by atoms with van der Waals surface area (Å²) in [5, 5.41) is 0. The van der Waals surface area contributed by atoms with Gasteiger partial charge in [0.05, 0.1) is 11.8 Å². The summed E-state index contributed by atoms with van der Waals surface area (Å²) in [6, 6.07) is 0. The molecule has 4 heteroatoms. The van der Waals surface area contributed by atoms with E-state index in [0.717, 1.165) is 12.8 Å². The number of aromatic amines is 1. The minimum Gasteiger partial charge on any atom is -0.384 e. The van der Waals surface area contributed by atoms with Crippen LogP contribution >= 0.6 is 0 Å². The number of nitrogens with zero attached hydrogens (tertiary/aromatic N) is 1. The van der Waals surface area contributed by atoms with Crippen LogP contribution in [0.15, 0.2) is 11.0 Å². The van der Waals surface area contributed by atoms with E-state index >= 15 is 0 Å². The summed E-state index contributed by atoms with van der Waals surface area (Å²) in [5.41, 5.74) is 5.82. The van der Waals surface area contributed by atoms with Gasteiger partial charge in [0, 0.05) is 6.42 Å². The van der Waals surface area contributed by atoms with Crippen molar-refractivity contribution < 1.29 is 0 Å². The molecule has 0 saturated heterocycles. The Hall–Kier alpha value is -1.76. The minimum absolute atomic E-state index is 0.301. The summed E-state index contributed by atoms with van der Waals surface area (Å²) >= 11 is 0. The molecular formula is C17H27N3O. The Labute approximate surface area is 127 Å². The normalized spacial score (nSPS) is 10.1. The van der Waals surface area contributed by atoms with Crippen LogP contribution in [-0.4, -0.2) is 9.97 Å². The minimum atomic E-state index is -0.433. The predicted molar refractivity (Wildman–Crippen MR) is 88.0 cm³/mol. The Balaban J connectivity index is 2.07. The van der Waals surface area contributed by atoms with Crippen molar-refractivity contribution in [2.24, 2.45) is 0 Å². The number of nitrogens with one attached hydrogen (secondary N) is 1. The number of H-pyrrole nitrogens is 1. The van der Waals surface area contributed by atoms with E-state index in [1.807, 2.05) is 0 Å². The SMILES string of the molecule is CCCCCCCCCCCC#Cc1cnc(=O)[nH]c1N. The molecule has 0 spiro atoms. The molecule has 0 aliphatic carbocycles. The second-order valence-corrected chi connectivity index (χ2v) is 5.40. The molecule has 0 radical (unpaired) electrons. The number of anilines is 1. The van der Waals surface area contributed by atoms with E-state index in [2.05, 4.69) is 28.7 Å². The summed E-state index contributed by atoms with van der Waals surface area (Å²) in [6.07, 6.45) is 14.1. The number of hydrogen-bond donors (Lipinski definition) is 2. The van der Waals surface area contributed by atoms with Gasteiger partial charge in [0.15, 0.2) is 0 Å². The van der Waals surface area contributed by atoms with Crippen molar-refractivity contribution in [2.45, 2.75) is 71.1 Å². The highest BCUT2D eigenvalue weighted by molar-refractivity contribution is 5.48. The van der Waals surface area contributed by atoms with Gasteiger partial charge in [-0.2, -0.15) is 0 Å². The lowest BCUT2D eigenvalue weighted by atomic mass is 10.1. The molecule has 1 heterocycles. The molecular weight excluding hydrogens is 262 g/mol. The van der Waals surface area contributed by atoms with E-state index in [-0.39, 0.29) is 0 Å². The molecule has 0 amide bonds. The zero-order valence-corrected chi connectivity index (χ0v) is 13.1. The van der Waals surface area contributed by atoms with E-state index < -0.39 is 5.69 Å². The van der Waals surface area contributed by atoms with Gasteiger partial charge in [-0.25, -0.2) is 9.78 Å². The lowest BCUT2D eigenvalue weighted by molar-refractivity contribution is 0.567. The van der Waals surface area contributed by atoms with E-state index in [1.54, 1.807) is 0 Å². The van der Waals surface area contributed by atoms with Crippen LogP contribution in [0.25, 0.3) is 0 Å². The molecule has 0 aromatic carbocycles. The zero-order chi connectivity index (χ0) is 15.3. The highest BCUT2D eigenvalue weighted by Gasteiger charge is 1.96. The van der Waals surface area contributed by atoms with E-state index in [4.69, 9.17) is 5.73 Å². The van der Waals surface area contributed by atoms with Crippen molar-refractivity contribution in [3.05, 3.63) is 22.2 Å². The first-order valence-electron chi connectivity index (χ1n) is 8.07. The van der Waals surface area contributed by atoms with E-state index in [9.17, 15) is 4.79 Å². The Morgan fingerprint density at radius 3 is 2.33 bits per heavy atom. The van der Waals surface area contributed by atoms with Crippen molar-refractivity contribution in [1.29, 1.82) is 0 Å². The highest BCUT2D eigenvalue weighted by atomic mass is 16.1. The number of nitrogen functional groups attached to an aromatic ring is 1. The van der Waals surface area contributed by atoms with Crippen molar-refractivity contribution >= 4 is 5.82 Å². The van der Waals surface area contributed by atoms with Gasteiger partial charge in [-0.15, -0.1) is 0 Å². The third-order valence-electron chi connectivity index (χ3n) is 3.47. The average Bonchev–Trinajstić information content (AvgIpc) is 2.46. The Bertz CT molecular complexity index is 511. The average molecular weight is 289 g/mol. The largest absolute Gasteiger partial charge is 0.384 e. The first-order chi connectivity index (χ1) is 10.2. The summed E-state index contributed by atoms with van der Waals surface area (Å²) < 4.78 is 0. The van der Waals surface area contributed by atoms with Crippen LogP contribution < -0.4 is 11.4 Å². The Morgan fingerprint density at radius 1 is 1.10 bits per heavy atom. The van der Waals surface area contributed by atoms with Crippen LogP contribution in [0.5, 0.6) is 0 Å². The zero-order valence-electron chi connectivity index (χ0n) is 13.1. The summed E-state index contributed by atoms with van der Waals surface area (Å²) in [6.45, 7) is 2.25. The molecule has 0 saturated carbocycles. The molecule has 0 bridgehead atoms. The van der Waals surface area contributed by atoms with Crippen molar-refractivity contribution in [2.75, 3.05) is 5.73 Å². The molecule has 0 aliphatic rings. The van der Waals surface area contributed by atoms with Gasteiger partial charge in [0.25, 0.3) is 0 Å². The summed E-state index contributed by atoms with van der Waals surface area (Å²) in [4.78, 5) is 17.0. The first kappa shape index (κ1) is 17.3. The van der Waals surface area contributed by atoms with Crippen LogP contribution in [0.2, 0.25) is 0 Å². The Morgan fingerprint density at radius 2 is 1.71 bits per heavy atom. The van der Waals surface area contributed by atoms with Gasteiger partial charge in [0.1, 0.15) is 5.82 Å². The van der Waals surface area contributed by atoms with Gasteiger partial charge in [0.2, 0.25) is 0 Å². The maximum atomic E-state index is 10.9. The lowest BCUT2D eigenvalue weighted by Gasteiger charge is -2.00. The third-order valence-corrected chi connectivity index (χ3v) is 3.47.